The van der Waals surface area contributed by atoms with Crippen molar-refractivity contribution >= 4 is 0 Å². The Bertz CT molecular complexity index is 1340. The highest BCUT2D eigenvalue weighted by Crippen LogP contribution is 2.35. The van der Waals surface area contributed by atoms with Gasteiger partial charge in [0, 0.05) is 29.3 Å². The van der Waals surface area contributed by atoms with Crippen LogP contribution in [-0.4, -0.2) is 46.1 Å². The number of halogens is 1. The second-order valence-corrected chi connectivity index (χ2v) is 10.1. The van der Waals surface area contributed by atoms with Crippen molar-refractivity contribution in [1.82, 2.24) is 19.9 Å². The van der Waals surface area contributed by atoms with Crippen molar-refractivity contribution in [2.45, 2.75) is 46.0 Å². The Morgan fingerprint density at radius 1 is 0.946 bits per heavy atom. The molecule has 0 atom stereocenters. The summed E-state index contributed by atoms with van der Waals surface area (Å²) >= 11 is 0. The Morgan fingerprint density at radius 3 is 2.43 bits per heavy atom. The third-order valence-electron chi connectivity index (χ3n) is 6.94. The highest BCUT2D eigenvalue weighted by molar-refractivity contribution is 5.80. The zero-order valence-electron chi connectivity index (χ0n) is 21.9. The Morgan fingerprint density at radius 2 is 1.70 bits per heavy atom. The summed E-state index contributed by atoms with van der Waals surface area (Å²) in [7, 11) is 0. The molecule has 1 N–H and O–H groups in total. The molecule has 4 aromatic rings. The van der Waals surface area contributed by atoms with Gasteiger partial charge >= 0.3 is 0 Å². The van der Waals surface area contributed by atoms with Gasteiger partial charge in [-0.15, -0.1) is 0 Å². The molecule has 3 heterocycles. The fourth-order valence-corrected chi connectivity index (χ4v) is 4.84. The summed E-state index contributed by atoms with van der Waals surface area (Å²) in [6, 6.07) is 18.8. The Labute approximate surface area is 218 Å². The summed E-state index contributed by atoms with van der Waals surface area (Å²) in [5.41, 5.74) is 5.57. The SMILES string of the molecule is Cc1cccc(-c2[nH]c(C(C)C)nc2-c2ccc(F)c(-c3ccc(OCCN4CCCCC4)cc3)c2)n1. The largest absolute Gasteiger partial charge is 0.492 e. The predicted octanol–water partition coefficient (Wildman–Crippen LogP) is 7.24. The number of likely N-dealkylation sites (tertiary alicyclic amines) is 1. The molecule has 1 aliphatic heterocycles. The van der Waals surface area contributed by atoms with Crippen molar-refractivity contribution in [2.24, 2.45) is 0 Å². The molecule has 2 aromatic heterocycles. The first-order valence-electron chi connectivity index (χ1n) is 13.3. The van der Waals surface area contributed by atoms with E-state index in [4.69, 9.17) is 14.7 Å². The number of imidazole rings is 1. The lowest BCUT2D eigenvalue weighted by Gasteiger charge is -2.26. The van der Waals surface area contributed by atoms with Gasteiger partial charge in [-0.05, 0) is 80.9 Å². The number of rotatable bonds is 8. The molecule has 0 unspecified atom stereocenters. The normalized spacial score (nSPS) is 14.3. The number of nitrogens with zero attached hydrogens (tertiary/aromatic N) is 3. The van der Waals surface area contributed by atoms with Crippen LogP contribution in [0.5, 0.6) is 5.75 Å². The Balaban J connectivity index is 1.39. The molecule has 0 aliphatic carbocycles. The summed E-state index contributed by atoms with van der Waals surface area (Å²) in [6.45, 7) is 10.1. The Hall–Kier alpha value is -3.51. The monoisotopic (exact) mass is 498 g/mol. The van der Waals surface area contributed by atoms with E-state index in [1.165, 1.54) is 25.3 Å². The van der Waals surface area contributed by atoms with Crippen LogP contribution in [0.4, 0.5) is 4.39 Å². The van der Waals surface area contributed by atoms with Crippen molar-refractivity contribution in [3.05, 3.63) is 78.0 Å². The van der Waals surface area contributed by atoms with Crippen molar-refractivity contribution in [1.29, 1.82) is 0 Å². The molecule has 1 fully saturated rings. The van der Waals surface area contributed by atoms with Crippen LogP contribution in [0.1, 0.15) is 50.5 Å². The minimum Gasteiger partial charge on any atom is -0.492 e. The molecule has 6 heteroatoms. The van der Waals surface area contributed by atoms with E-state index in [2.05, 4.69) is 23.7 Å². The van der Waals surface area contributed by atoms with Crippen LogP contribution in [0, 0.1) is 12.7 Å². The van der Waals surface area contributed by atoms with Gasteiger partial charge in [-0.25, -0.2) is 9.37 Å². The van der Waals surface area contributed by atoms with E-state index >= 15 is 4.39 Å². The maximum Gasteiger partial charge on any atom is 0.131 e. The Kier molecular flexibility index (Phi) is 7.65. The number of benzene rings is 2. The molecule has 192 valence electrons. The van der Waals surface area contributed by atoms with Crippen molar-refractivity contribution in [2.75, 3.05) is 26.2 Å². The first-order chi connectivity index (χ1) is 18.0. The van der Waals surface area contributed by atoms with E-state index in [1.807, 2.05) is 55.5 Å². The van der Waals surface area contributed by atoms with E-state index in [0.717, 1.165) is 65.1 Å². The topological polar surface area (TPSA) is 54.0 Å². The highest BCUT2D eigenvalue weighted by atomic mass is 19.1. The second kappa shape index (κ2) is 11.3. The maximum absolute atomic E-state index is 15.0. The summed E-state index contributed by atoms with van der Waals surface area (Å²) in [5, 5.41) is 0. The van der Waals surface area contributed by atoms with Crippen LogP contribution in [-0.2, 0) is 0 Å². The van der Waals surface area contributed by atoms with Crippen molar-refractivity contribution < 1.29 is 9.13 Å². The molecule has 1 aliphatic rings. The van der Waals surface area contributed by atoms with E-state index < -0.39 is 0 Å². The van der Waals surface area contributed by atoms with Gasteiger partial charge in [0.15, 0.2) is 0 Å². The van der Waals surface area contributed by atoms with Crippen molar-refractivity contribution in [3.8, 4) is 39.5 Å². The smallest absolute Gasteiger partial charge is 0.131 e. The predicted molar refractivity (Wildman–Crippen MR) is 147 cm³/mol. The molecule has 0 amide bonds. The standard InChI is InChI=1S/C31H35FN4O/c1-21(2)31-34-29(30(35-31)28-9-7-8-22(3)33-28)24-12-15-27(32)26(20-24)23-10-13-25(14-11-23)37-19-18-36-16-5-4-6-17-36/h7-15,20-21H,4-6,16-19H2,1-3H3,(H,34,35). The van der Waals surface area contributed by atoms with Gasteiger partial charge in [0.1, 0.15) is 24.0 Å². The molecule has 0 bridgehead atoms. The number of pyridine rings is 1. The van der Waals surface area contributed by atoms with Crippen LogP contribution in [0.2, 0.25) is 0 Å². The number of aromatic amines is 1. The van der Waals surface area contributed by atoms with Crippen molar-refractivity contribution in [3.63, 3.8) is 0 Å². The minimum absolute atomic E-state index is 0.222. The average Bonchev–Trinajstić information content (AvgIpc) is 3.36. The number of hydrogen-bond donors (Lipinski definition) is 1. The minimum atomic E-state index is -0.266. The van der Waals surface area contributed by atoms with Crippen LogP contribution < -0.4 is 4.74 Å². The molecule has 2 aromatic carbocycles. The first kappa shape index (κ1) is 25.2. The molecule has 5 rings (SSSR count). The van der Waals surface area contributed by atoms with Crippen LogP contribution in [0.3, 0.4) is 0 Å². The summed E-state index contributed by atoms with van der Waals surface area (Å²) in [6.07, 6.45) is 3.89. The maximum atomic E-state index is 15.0. The average molecular weight is 499 g/mol. The van der Waals surface area contributed by atoms with E-state index in [1.54, 1.807) is 6.07 Å². The molecule has 0 spiro atoms. The lowest BCUT2D eigenvalue weighted by Crippen LogP contribution is -2.33. The van der Waals surface area contributed by atoms with E-state index in [0.29, 0.717) is 12.2 Å². The molecule has 1 saturated heterocycles. The number of hydrogen-bond acceptors (Lipinski definition) is 4. The lowest BCUT2D eigenvalue weighted by molar-refractivity contribution is 0.183. The van der Waals surface area contributed by atoms with Gasteiger partial charge in [-0.3, -0.25) is 9.88 Å². The van der Waals surface area contributed by atoms with Crippen LogP contribution >= 0.6 is 0 Å². The third kappa shape index (κ3) is 5.91. The van der Waals surface area contributed by atoms with Gasteiger partial charge in [-0.2, -0.15) is 0 Å². The zero-order chi connectivity index (χ0) is 25.8. The number of aromatic nitrogens is 3. The lowest BCUT2D eigenvalue weighted by atomic mass is 9.99. The van der Waals surface area contributed by atoms with Crippen LogP contribution in [0.15, 0.2) is 60.7 Å². The summed E-state index contributed by atoms with van der Waals surface area (Å²) in [4.78, 5) is 15.5. The zero-order valence-corrected chi connectivity index (χ0v) is 21.9. The van der Waals surface area contributed by atoms with Gasteiger partial charge in [-0.1, -0.05) is 38.5 Å². The molecular formula is C31H35FN4O. The first-order valence-corrected chi connectivity index (χ1v) is 13.3. The van der Waals surface area contributed by atoms with Crippen LogP contribution in [0.25, 0.3) is 33.8 Å². The van der Waals surface area contributed by atoms with Gasteiger partial charge < -0.3 is 9.72 Å². The highest BCUT2D eigenvalue weighted by Gasteiger charge is 2.19. The van der Waals surface area contributed by atoms with E-state index in [-0.39, 0.29) is 11.7 Å². The van der Waals surface area contributed by atoms with Gasteiger partial charge in [0.2, 0.25) is 0 Å². The second-order valence-electron chi connectivity index (χ2n) is 10.1. The molecular weight excluding hydrogens is 463 g/mol. The molecule has 37 heavy (non-hydrogen) atoms. The number of H-pyrrole nitrogens is 1. The third-order valence-corrected chi connectivity index (χ3v) is 6.94. The number of piperidine rings is 1. The molecule has 0 saturated carbocycles. The fourth-order valence-electron chi connectivity index (χ4n) is 4.84. The quantitative estimate of drug-likeness (QED) is 0.278. The number of aryl methyl sites for hydroxylation is 1. The fraction of sp³-hybridized carbons (Fsp3) is 0.355. The molecule has 0 radical (unpaired) electrons. The summed E-state index contributed by atoms with van der Waals surface area (Å²) in [5.74, 6) is 1.64. The number of nitrogens with one attached hydrogen (secondary N) is 1. The molecule has 5 nitrogen and oxygen atoms in total. The number of ether oxygens (including phenoxy) is 1. The van der Waals surface area contributed by atoms with Gasteiger partial charge in [0.05, 0.1) is 17.1 Å². The summed E-state index contributed by atoms with van der Waals surface area (Å²) < 4.78 is 21.0. The van der Waals surface area contributed by atoms with Gasteiger partial charge in [0.25, 0.3) is 0 Å². The van der Waals surface area contributed by atoms with E-state index in [9.17, 15) is 0 Å².